The van der Waals surface area contributed by atoms with Crippen LogP contribution < -0.4 is 0 Å². The molecule has 0 spiro atoms. The zero-order valence-electron chi connectivity index (χ0n) is 29.0. The Hall–Kier alpha value is -1.96. The van der Waals surface area contributed by atoms with Gasteiger partial charge in [0, 0.05) is 12.2 Å². The Morgan fingerprint density at radius 2 is 0.723 bits per heavy atom. The van der Waals surface area contributed by atoms with E-state index in [-0.39, 0.29) is 13.2 Å². The maximum atomic E-state index is 11.9. The summed E-state index contributed by atoms with van der Waals surface area (Å²) in [5.41, 5.74) is 0.301. The van der Waals surface area contributed by atoms with E-state index in [1.807, 2.05) is 0 Å². The summed E-state index contributed by atoms with van der Waals surface area (Å²) in [6, 6.07) is 8.28. The Kier molecular flexibility index (Phi) is 32.4. The number of carbonyl (C=O) groups excluding carboxylic acids is 2. The maximum Gasteiger partial charge on any atom is 0.379 e. The first-order valence-corrected chi connectivity index (χ1v) is 17.6. The van der Waals surface area contributed by atoms with Crippen LogP contribution in [0.15, 0.2) is 30.3 Å². The molecule has 0 saturated heterocycles. The van der Waals surface area contributed by atoms with E-state index in [9.17, 15) is 9.59 Å². The van der Waals surface area contributed by atoms with Gasteiger partial charge in [-0.2, -0.15) is 0 Å². The predicted molar refractivity (Wildman–Crippen MR) is 180 cm³/mol. The minimum Gasteiger partial charge on any atom is -0.457 e. The number of benzene rings is 1. The average molecular weight is 671 g/mol. The van der Waals surface area contributed by atoms with Gasteiger partial charge in [0.15, 0.2) is 0 Å². The summed E-state index contributed by atoms with van der Waals surface area (Å²) in [6.07, 6.45) is 13.4. The molecule has 0 aliphatic rings. The summed E-state index contributed by atoms with van der Waals surface area (Å²) in [5, 5.41) is 0. The number of hydrogen-bond acceptors (Lipinski definition) is 11. The molecule has 0 heterocycles. The fourth-order valence-electron chi connectivity index (χ4n) is 4.30. The molecule has 0 N–H and O–H groups in total. The molecule has 11 nitrogen and oxygen atoms in total. The number of carbonyl (C=O) groups is 2. The van der Waals surface area contributed by atoms with Crippen molar-refractivity contribution in [1.29, 1.82) is 0 Å². The second-order valence-electron chi connectivity index (χ2n) is 10.9. The molecule has 0 unspecified atom stereocenters. The lowest BCUT2D eigenvalue weighted by Gasteiger charge is -2.09. The molecule has 272 valence electrons. The minimum absolute atomic E-state index is 0.00484. The number of hydrogen-bond donors (Lipinski definition) is 0. The van der Waals surface area contributed by atoms with Crippen LogP contribution in [-0.4, -0.2) is 124 Å². The Bertz CT molecular complexity index is 809. The molecule has 0 aliphatic carbocycles. The van der Waals surface area contributed by atoms with Gasteiger partial charge in [0.1, 0.15) is 6.61 Å². The lowest BCUT2D eigenvalue weighted by atomic mass is 10.1. The van der Waals surface area contributed by atoms with Gasteiger partial charge in [-0.05, 0) is 6.42 Å². The second kappa shape index (κ2) is 35.3. The van der Waals surface area contributed by atoms with Crippen molar-refractivity contribution in [3.05, 3.63) is 35.9 Å². The number of unbranched alkanes of at least 4 members (excludes halogenated alkanes) is 9. The Morgan fingerprint density at radius 1 is 0.404 bits per heavy atom. The SMILES string of the molecule is CCCCCCCCCCCCOCCOCCOCCOCCOCCOCCOCCOCCOC(=O)C(=O)c1ccccc1. The third-order valence-corrected chi connectivity index (χ3v) is 6.93. The number of ketones is 1. The number of Topliss-reactive ketones (excluding diaryl/α,β-unsaturated/α-hetero) is 1. The van der Waals surface area contributed by atoms with Crippen LogP contribution in [0.2, 0.25) is 0 Å². The molecule has 0 atom stereocenters. The third kappa shape index (κ3) is 29.9. The molecule has 0 fully saturated rings. The predicted octanol–water partition coefficient (Wildman–Crippen LogP) is 5.47. The highest BCUT2D eigenvalue weighted by Gasteiger charge is 2.17. The molecule has 0 aliphatic heterocycles. The van der Waals surface area contributed by atoms with Gasteiger partial charge in [0.05, 0.1) is 99.1 Å². The van der Waals surface area contributed by atoms with Gasteiger partial charge in [0.2, 0.25) is 0 Å². The van der Waals surface area contributed by atoms with E-state index in [2.05, 4.69) is 6.92 Å². The molecule has 0 saturated carbocycles. The van der Waals surface area contributed by atoms with Crippen LogP contribution in [-0.2, 0) is 47.4 Å². The Morgan fingerprint density at radius 3 is 1.11 bits per heavy atom. The van der Waals surface area contributed by atoms with E-state index in [1.54, 1.807) is 30.3 Å². The monoisotopic (exact) mass is 670 g/mol. The molecule has 1 rings (SSSR count). The zero-order valence-corrected chi connectivity index (χ0v) is 29.0. The summed E-state index contributed by atoms with van der Waals surface area (Å²) < 4.78 is 48.8. The van der Waals surface area contributed by atoms with Gasteiger partial charge in [0.25, 0.3) is 5.78 Å². The van der Waals surface area contributed by atoms with Crippen LogP contribution in [0.25, 0.3) is 0 Å². The van der Waals surface area contributed by atoms with E-state index in [0.29, 0.717) is 98.1 Å². The van der Waals surface area contributed by atoms with Gasteiger partial charge in [-0.15, -0.1) is 0 Å². The summed E-state index contributed by atoms with van der Waals surface area (Å²) in [5.74, 6) is -1.56. The van der Waals surface area contributed by atoms with E-state index in [0.717, 1.165) is 13.0 Å². The molecule has 11 heteroatoms. The molecule has 1 aromatic rings. The van der Waals surface area contributed by atoms with Crippen LogP contribution in [0.1, 0.15) is 81.5 Å². The van der Waals surface area contributed by atoms with E-state index < -0.39 is 11.8 Å². The molecule has 1 aromatic carbocycles. The molecule has 0 radical (unpaired) electrons. The van der Waals surface area contributed by atoms with Crippen molar-refractivity contribution >= 4 is 11.8 Å². The van der Waals surface area contributed by atoms with Gasteiger partial charge >= 0.3 is 5.97 Å². The normalized spacial score (nSPS) is 11.3. The number of ether oxygens (including phenoxy) is 9. The van der Waals surface area contributed by atoms with Gasteiger partial charge < -0.3 is 42.6 Å². The summed E-state index contributed by atoms with van der Waals surface area (Å²) >= 11 is 0. The summed E-state index contributed by atoms with van der Waals surface area (Å²) in [7, 11) is 0. The van der Waals surface area contributed by atoms with Crippen molar-refractivity contribution in [3.8, 4) is 0 Å². The molecule has 0 aromatic heterocycles. The van der Waals surface area contributed by atoms with Crippen LogP contribution in [0.5, 0.6) is 0 Å². The zero-order chi connectivity index (χ0) is 33.7. The third-order valence-electron chi connectivity index (χ3n) is 6.93. The average Bonchev–Trinajstić information content (AvgIpc) is 3.10. The van der Waals surface area contributed by atoms with E-state index >= 15 is 0 Å². The first kappa shape index (κ1) is 43.1. The first-order valence-electron chi connectivity index (χ1n) is 17.6. The largest absolute Gasteiger partial charge is 0.457 e. The molecule has 0 bridgehead atoms. The minimum atomic E-state index is -0.891. The topological polar surface area (TPSA) is 117 Å². The maximum absolute atomic E-state index is 11.9. The van der Waals surface area contributed by atoms with Gasteiger partial charge in [-0.1, -0.05) is 95.0 Å². The van der Waals surface area contributed by atoms with Crippen molar-refractivity contribution < 1.29 is 52.2 Å². The van der Waals surface area contributed by atoms with E-state index in [4.69, 9.17) is 42.6 Å². The highest BCUT2D eigenvalue weighted by molar-refractivity contribution is 6.40. The lowest BCUT2D eigenvalue weighted by Crippen LogP contribution is -2.20. The summed E-state index contributed by atoms with van der Waals surface area (Å²) in [4.78, 5) is 23.6. The quantitative estimate of drug-likeness (QED) is 0.0389. The van der Waals surface area contributed by atoms with Gasteiger partial charge in [-0.25, -0.2) is 4.79 Å². The van der Waals surface area contributed by atoms with Crippen molar-refractivity contribution in [2.45, 2.75) is 71.1 Å². The Labute approximate surface area is 283 Å². The van der Waals surface area contributed by atoms with Crippen molar-refractivity contribution in [3.63, 3.8) is 0 Å². The molecular formula is C36H62O11. The fraction of sp³-hybridized carbons (Fsp3) is 0.778. The molecule has 0 amide bonds. The molecule has 47 heavy (non-hydrogen) atoms. The summed E-state index contributed by atoms with van der Waals surface area (Å²) in [6.45, 7) is 10.2. The van der Waals surface area contributed by atoms with E-state index in [1.165, 1.54) is 57.8 Å². The second-order valence-corrected chi connectivity index (χ2v) is 10.9. The van der Waals surface area contributed by atoms with Crippen LogP contribution in [0, 0.1) is 0 Å². The van der Waals surface area contributed by atoms with Gasteiger partial charge in [-0.3, -0.25) is 4.79 Å². The van der Waals surface area contributed by atoms with Crippen LogP contribution in [0.4, 0.5) is 0 Å². The lowest BCUT2D eigenvalue weighted by molar-refractivity contribution is -0.139. The van der Waals surface area contributed by atoms with Crippen molar-refractivity contribution in [2.75, 3.05) is 112 Å². The Balaban J connectivity index is 1.66. The fourth-order valence-corrected chi connectivity index (χ4v) is 4.30. The standard InChI is InChI=1S/C36H62O11/c1-2-3-4-5-6-7-8-9-10-14-17-39-18-19-40-20-21-41-22-23-42-24-25-43-26-27-44-28-29-45-30-31-46-32-33-47-36(38)35(37)34-15-12-11-13-16-34/h11-13,15-16H,2-10,14,17-33H2,1H3. The van der Waals surface area contributed by atoms with Crippen molar-refractivity contribution in [1.82, 2.24) is 0 Å². The number of esters is 1. The van der Waals surface area contributed by atoms with Crippen molar-refractivity contribution in [2.24, 2.45) is 0 Å². The highest BCUT2D eigenvalue weighted by atomic mass is 16.6. The first-order chi connectivity index (χ1) is 23.3. The molecular weight excluding hydrogens is 608 g/mol. The van der Waals surface area contributed by atoms with Crippen LogP contribution >= 0.6 is 0 Å². The van der Waals surface area contributed by atoms with Crippen LogP contribution in [0.3, 0.4) is 0 Å². The number of rotatable bonds is 37. The smallest absolute Gasteiger partial charge is 0.379 e. The highest BCUT2D eigenvalue weighted by Crippen LogP contribution is 2.10.